The lowest BCUT2D eigenvalue weighted by Crippen LogP contribution is -2.37. The molecule has 1 heterocycles. The van der Waals surface area contributed by atoms with Gasteiger partial charge in [-0.25, -0.2) is 4.79 Å². The van der Waals surface area contributed by atoms with E-state index >= 15 is 0 Å². The van der Waals surface area contributed by atoms with Gasteiger partial charge in [0.2, 0.25) is 0 Å². The Morgan fingerprint density at radius 3 is 2.25 bits per heavy atom. The maximum Gasteiger partial charge on any atom is 0.407 e. The number of ketones is 1. The number of carboxylic acid groups (broad SMARTS) is 1. The minimum Gasteiger partial charge on any atom is -0.465 e. The Morgan fingerprint density at radius 2 is 1.65 bits per heavy atom. The van der Waals surface area contributed by atoms with Crippen LogP contribution in [-0.4, -0.2) is 35.0 Å². The molecule has 1 amide bonds. The molecule has 0 aromatic rings. The molecule has 1 N–H and O–H groups in total. The molecule has 0 aromatic heterocycles. The quantitative estimate of drug-likeness (QED) is 0.755. The van der Waals surface area contributed by atoms with Crippen molar-refractivity contribution in [2.24, 2.45) is 11.8 Å². The highest BCUT2D eigenvalue weighted by Crippen LogP contribution is 2.28. The smallest absolute Gasteiger partial charge is 0.407 e. The van der Waals surface area contributed by atoms with Crippen molar-refractivity contribution >= 4 is 11.9 Å². The second-order valence-corrected chi connectivity index (χ2v) is 6.41. The van der Waals surface area contributed by atoms with Crippen molar-refractivity contribution in [3.05, 3.63) is 0 Å². The van der Waals surface area contributed by atoms with Gasteiger partial charge in [-0.2, -0.15) is 0 Å². The average Bonchev–Trinajstić information content (AvgIpc) is 2.98. The summed E-state index contributed by atoms with van der Waals surface area (Å²) in [5.41, 5.74) is 0. The van der Waals surface area contributed by atoms with Gasteiger partial charge >= 0.3 is 6.09 Å². The van der Waals surface area contributed by atoms with Crippen LogP contribution < -0.4 is 0 Å². The summed E-state index contributed by atoms with van der Waals surface area (Å²) in [6, 6.07) is 0. The van der Waals surface area contributed by atoms with Crippen molar-refractivity contribution in [3.8, 4) is 0 Å². The average molecular weight is 281 g/mol. The summed E-state index contributed by atoms with van der Waals surface area (Å²) in [5.74, 6) is 1.52. The van der Waals surface area contributed by atoms with E-state index < -0.39 is 6.09 Å². The van der Waals surface area contributed by atoms with Gasteiger partial charge in [-0.3, -0.25) is 4.79 Å². The van der Waals surface area contributed by atoms with E-state index in [1.807, 2.05) is 0 Å². The lowest BCUT2D eigenvalue weighted by molar-refractivity contribution is -0.122. The number of Topliss-reactive ketones (excluding diaryl/α,β-unsaturated/α-hetero) is 1. The van der Waals surface area contributed by atoms with E-state index in [-0.39, 0.29) is 0 Å². The fourth-order valence-corrected chi connectivity index (χ4v) is 3.60. The van der Waals surface area contributed by atoms with Crippen LogP contribution in [0.15, 0.2) is 0 Å². The Hall–Kier alpha value is -1.06. The van der Waals surface area contributed by atoms with Gasteiger partial charge in [0.05, 0.1) is 0 Å². The van der Waals surface area contributed by atoms with Gasteiger partial charge in [0.1, 0.15) is 5.78 Å². The largest absolute Gasteiger partial charge is 0.465 e. The number of carbonyl (C=O) groups excluding carboxylic acids is 1. The molecule has 0 atom stereocenters. The van der Waals surface area contributed by atoms with Crippen molar-refractivity contribution in [2.45, 2.75) is 64.2 Å². The Labute approximate surface area is 121 Å². The molecule has 1 aliphatic carbocycles. The van der Waals surface area contributed by atoms with Crippen LogP contribution in [0.4, 0.5) is 4.79 Å². The molecule has 0 bridgehead atoms. The first-order chi connectivity index (χ1) is 9.66. The second-order valence-electron chi connectivity index (χ2n) is 6.41. The molecule has 114 valence electrons. The summed E-state index contributed by atoms with van der Waals surface area (Å²) in [5, 5.41) is 8.89. The zero-order valence-corrected chi connectivity index (χ0v) is 12.4. The van der Waals surface area contributed by atoms with E-state index in [9.17, 15) is 9.59 Å². The van der Waals surface area contributed by atoms with E-state index in [2.05, 4.69) is 0 Å². The highest BCUT2D eigenvalue weighted by atomic mass is 16.4. The number of piperidine rings is 1. The Kier molecular flexibility index (Phi) is 5.86. The van der Waals surface area contributed by atoms with Crippen LogP contribution in [0.2, 0.25) is 0 Å². The van der Waals surface area contributed by atoms with E-state index in [4.69, 9.17) is 5.11 Å². The van der Waals surface area contributed by atoms with Crippen LogP contribution in [0.5, 0.6) is 0 Å². The third-order valence-electron chi connectivity index (χ3n) is 4.98. The monoisotopic (exact) mass is 281 g/mol. The van der Waals surface area contributed by atoms with Crippen LogP contribution in [0.3, 0.4) is 0 Å². The van der Waals surface area contributed by atoms with Crippen molar-refractivity contribution < 1.29 is 14.7 Å². The van der Waals surface area contributed by atoms with Gasteiger partial charge in [-0.05, 0) is 38.0 Å². The summed E-state index contributed by atoms with van der Waals surface area (Å²) in [7, 11) is 0. The first kappa shape index (κ1) is 15.3. The SMILES string of the molecule is O=C(CCCCC1CCN(C(=O)O)CC1)C1CCCC1. The molecular weight excluding hydrogens is 254 g/mol. The molecule has 2 fully saturated rings. The number of amides is 1. The van der Waals surface area contributed by atoms with Gasteiger partial charge in [0, 0.05) is 25.4 Å². The summed E-state index contributed by atoms with van der Waals surface area (Å²) >= 11 is 0. The molecule has 4 nitrogen and oxygen atoms in total. The Morgan fingerprint density at radius 1 is 1.00 bits per heavy atom. The van der Waals surface area contributed by atoms with Crippen molar-refractivity contribution in [1.82, 2.24) is 4.90 Å². The molecule has 4 heteroatoms. The molecule has 2 aliphatic rings. The predicted molar refractivity (Wildman–Crippen MR) is 77.8 cm³/mol. The minimum absolute atomic E-state index is 0.369. The van der Waals surface area contributed by atoms with Gasteiger partial charge < -0.3 is 10.0 Å². The number of hydrogen-bond acceptors (Lipinski definition) is 2. The minimum atomic E-state index is -0.786. The van der Waals surface area contributed by atoms with Crippen LogP contribution in [0.1, 0.15) is 64.2 Å². The van der Waals surface area contributed by atoms with Crippen LogP contribution >= 0.6 is 0 Å². The topological polar surface area (TPSA) is 57.6 Å². The molecule has 0 radical (unpaired) electrons. The molecule has 1 saturated heterocycles. The predicted octanol–water partition coefficient (Wildman–Crippen LogP) is 3.70. The fraction of sp³-hybridized carbons (Fsp3) is 0.875. The second kappa shape index (κ2) is 7.65. The molecular formula is C16H27NO3. The van der Waals surface area contributed by atoms with Gasteiger partial charge in [-0.15, -0.1) is 0 Å². The lowest BCUT2D eigenvalue weighted by atomic mass is 9.90. The highest BCUT2D eigenvalue weighted by Gasteiger charge is 2.23. The third-order valence-corrected chi connectivity index (χ3v) is 4.98. The maximum atomic E-state index is 11.9. The van der Waals surface area contributed by atoms with Crippen molar-refractivity contribution in [2.75, 3.05) is 13.1 Å². The summed E-state index contributed by atoms with van der Waals surface area (Å²) < 4.78 is 0. The van der Waals surface area contributed by atoms with Gasteiger partial charge in [0.25, 0.3) is 0 Å². The number of hydrogen-bond donors (Lipinski definition) is 1. The molecule has 0 unspecified atom stereocenters. The maximum absolute atomic E-state index is 11.9. The molecule has 1 aliphatic heterocycles. The number of likely N-dealkylation sites (tertiary alicyclic amines) is 1. The highest BCUT2D eigenvalue weighted by molar-refractivity contribution is 5.81. The summed E-state index contributed by atoms with van der Waals surface area (Å²) in [6.07, 6.45) is 9.96. The number of unbranched alkanes of at least 4 members (excludes halogenated alkanes) is 1. The lowest BCUT2D eigenvalue weighted by Gasteiger charge is -2.29. The van der Waals surface area contributed by atoms with Gasteiger partial charge in [0.15, 0.2) is 0 Å². The number of rotatable bonds is 6. The molecule has 2 rings (SSSR count). The van der Waals surface area contributed by atoms with E-state index in [1.54, 1.807) is 0 Å². The molecule has 0 aromatic carbocycles. The first-order valence-corrected chi connectivity index (χ1v) is 8.17. The van der Waals surface area contributed by atoms with Crippen molar-refractivity contribution in [3.63, 3.8) is 0 Å². The Balaban J connectivity index is 1.53. The molecule has 1 saturated carbocycles. The zero-order chi connectivity index (χ0) is 14.4. The normalized spacial score (nSPS) is 21.3. The molecule has 20 heavy (non-hydrogen) atoms. The van der Waals surface area contributed by atoms with Gasteiger partial charge in [-0.1, -0.05) is 25.7 Å². The third kappa shape index (κ3) is 4.50. The Bertz CT molecular complexity index is 329. The first-order valence-electron chi connectivity index (χ1n) is 8.17. The fourth-order valence-electron chi connectivity index (χ4n) is 3.60. The van der Waals surface area contributed by atoms with E-state index in [1.165, 1.54) is 17.7 Å². The standard InChI is InChI=1S/C16H27NO3/c18-15(14-6-2-3-7-14)8-4-1-5-13-9-11-17(12-10-13)16(19)20/h13-14H,1-12H2,(H,19,20). The summed E-state index contributed by atoms with van der Waals surface area (Å²) in [6.45, 7) is 1.36. The number of carbonyl (C=O) groups is 2. The van der Waals surface area contributed by atoms with E-state index in [0.29, 0.717) is 30.7 Å². The van der Waals surface area contributed by atoms with E-state index in [0.717, 1.165) is 51.4 Å². The number of nitrogens with zero attached hydrogens (tertiary/aromatic N) is 1. The van der Waals surface area contributed by atoms with Crippen LogP contribution in [0.25, 0.3) is 0 Å². The van der Waals surface area contributed by atoms with Crippen molar-refractivity contribution in [1.29, 1.82) is 0 Å². The zero-order valence-electron chi connectivity index (χ0n) is 12.4. The van der Waals surface area contributed by atoms with Crippen LogP contribution in [-0.2, 0) is 4.79 Å². The van der Waals surface area contributed by atoms with Crippen LogP contribution in [0, 0.1) is 11.8 Å². The molecule has 0 spiro atoms. The summed E-state index contributed by atoms with van der Waals surface area (Å²) in [4.78, 5) is 24.3.